The topological polar surface area (TPSA) is 30.5 Å². The number of thioether (sulfide) groups is 1. The normalized spacial score (nSPS) is 25.6. The molecule has 1 fully saturated rings. The summed E-state index contributed by atoms with van der Waals surface area (Å²) < 4.78 is 11.1. The molecule has 2 heterocycles. The van der Waals surface area contributed by atoms with Gasteiger partial charge in [-0.2, -0.15) is 11.8 Å². The molecular weight excluding hydrogens is 246 g/mol. The predicted molar refractivity (Wildman–Crippen MR) is 74.4 cm³/mol. The van der Waals surface area contributed by atoms with Gasteiger partial charge in [0.05, 0.1) is 0 Å². The average Bonchev–Trinajstić information content (AvgIpc) is 2.97. The van der Waals surface area contributed by atoms with Crippen molar-refractivity contribution in [3.8, 4) is 11.5 Å². The Balaban J connectivity index is 1.54. The van der Waals surface area contributed by atoms with Crippen molar-refractivity contribution in [2.24, 2.45) is 0 Å². The molecule has 1 aromatic rings. The molecule has 1 saturated heterocycles. The van der Waals surface area contributed by atoms with Gasteiger partial charge in [-0.25, -0.2) is 0 Å². The fourth-order valence-corrected chi connectivity index (χ4v) is 3.77. The third-order valence-corrected chi connectivity index (χ3v) is 5.10. The molecule has 1 N–H and O–H groups in total. The van der Waals surface area contributed by atoms with Crippen LogP contribution in [0.25, 0.3) is 0 Å². The van der Waals surface area contributed by atoms with Crippen molar-refractivity contribution >= 4 is 11.8 Å². The SMILES string of the molecule is CC1(CNCc2ccc3c(c2)OCO3)CCCS1. The molecule has 2 aliphatic rings. The second kappa shape index (κ2) is 5.02. The van der Waals surface area contributed by atoms with Gasteiger partial charge >= 0.3 is 0 Å². The molecular formula is C14H19NO2S. The first-order valence-electron chi connectivity index (χ1n) is 6.48. The van der Waals surface area contributed by atoms with Gasteiger partial charge in [-0.05, 0) is 43.2 Å². The number of hydrogen-bond donors (Lipinski definition) is 1. The minimum absolute atomic E-state index is 0.348. The van der Waals surface area contributed by atoms with Crippen molar-refractivity contribution < 1.29 is 9.47 Å². The molecule has 0 bridgehead atoms. The number of ether oxygens (including phenoxy) is 2. The third kappa shape index (κ3) is 2.59. The molecule has 1 atom stereocenters. The Bertz CT molecular complexity index is 430. The number of benzene rings is 1. The van der Waals surface area contributed by atoms with Crippen molar-refractivity contribution in [3.63, 3.8) is 0 Å². The molecule has 3 rings (SSSR count). The molecule has 0 saturated carbocycles. The summed E-state index contributed by atoms with van der Waals surface area (Å²) in [5.41, 5.74) is 1.26. The number of fused-ring (bicyclic) bond motifs is 1. The van der Waals surface area contributed by atoms with Gasteiger partial charge in [0.2, 0.25) is 6.79 Å². The van der Waals surface area contributed by atoms with Gasteiger partial charge in [0.1, 0.15) is 0 Å². The van der Waals surface area contributed by atoms with E-state index in [4.69, 9.17) is 9.47 Å². The lowest BCUT2D eigenvalue weighted by Gasteiger charge is -2.23. The van der Waals surface area contributed by atoms with E-state index >= 15 is 0 Å². The number of rotatable bonds is 4. The van der Waals surface area contributed by atoms with Crippen LogP contribution in [0.15, 0.2) is 18.2 Å². The second-order valence-electron chi connectivity index (χ2n) is 5.19. The first-order valence-corrected chi connectivity index (χ1v) is 7.47. The van der Waals surface area contributed by atoms with E-state index in [9.17, 15) is 0 Å². The predicted octanol–water partition coefficient (Wildman–Crippen LogP) is 2.79. The van der Waals surface area contributed by atoms with Crippen molar-refractivity contribution in [1.82, 2.24) is 5.32 Å². The molecule has 2 aliphatic heterocycles. The van der Waals surface area contributed by atoms with E-state index in [1.54, 1.807) is 0 Å². The molecule has 4 heteroatoms. The fourth-order valence-electron chi connectivity index (χ4n) is 2.50. The first kappa shape index (κ1) is 12.2. The summed E-state index contributed by atoms with van der Waals surface area (Å²) >= 11 is 2.09. The minimum atomic E-state index is 0.348. The summed E-state index contributed by atoms with van der Waals surface area (Å²) in [7, 11) is 0. The summed E-state index contributed by atoms with van der Waals surface area (Å²) in [6.07, 6.45) is 2.68. The second-order valence-corrected chi connectivity index (χ2v) is 6.88. The number of nitrogens with one attached hydrogen (secondary N) is 1. The van der Waals surface area contributed by atoms with Gasteiger partial charge in [-0.15, -0.1) is 0 Å². The Morgan fingerprint density at radius 1 is 1.33 bits per heavy atom. The van der Waals surface area contributed by atoms with Crippen LogP contribution in [0.3, 0.4) is 0 Å². The van der Waals surface area contributed by atoms with Crippen LogP contribution in [0, 0.1) is 0 Å². The summed E-state index contributed by atoms with van der Waals surface area (Å²) in [4.78, 5) is 0. The maximum Gasteiger partial charge on any atom is 0.231 e. The van der Waals surface area contributed by atoms with Gasteiger partial charge in [-0.1, -0.05) is 6.07 Å². The van der Waals surface area contributed by atoms with Gasteiger partial charge < -0.3 is 14.8 Å². The Labute approximate surface area is 112 Å². The maximum atomic E-state index is 5.38. The largest absolute Gasteiger partial charge is 0.454 e. The highest BCUT2D eigenvalue weighted by atomic mass is 32.2. The molecule has 0 radical (unpaired) electrons. The molecule has 98 valence electrons. The molecule has 0 aliphatic carbocycles. The van der Waals surface area contributed by atoms with E-state index in [1.807, 2.05) is 6.07 Å². The van der Waals surface area contributed by atoms with Crippen LogP contribution in [0.5, 0.6) is 11.5 Å². The Morgan fingerprint density at radius 3 is 3.06 bits per heavy atom. The van der Waals surface area contributed by atoms with E-state index in [1.165, 1.54) is 24.2 Å². The molecule has 18 heavy (non-hydrogen) atoms. The fraction of sp³-hybridized carbons (Fsp3) is 0.571. The van der Waals surface area contributed by atoms with E-state index in [-0.39, 0.29) is 0 Å². The zero-order chi connectivity index (χ0) is 12.4. The zero-order valence-electron chi connectivity index (χ0n) is 10.7. The lowest BCUT2D eigenvalue weighted by molar-refractivity contribution is 0.174. The smallest absolute Gasteiger partial charge is 0.231 e. The van der Waals surface area contributed by atoms with Crippen LogP contribution >= 0.6 is 11.8 Å². The van der Waals surface area contributed by atoms with Crippen LogP contribution in [0.1, 0.15) is 25.3 Å². The summed E-state index contributed by atoms with van der Waals surface area (Å²) in [6, 6.07) is 6.16. The zero-order valence-corrected chi connectivity index (χ0v) is 11.5. The van der Waals surface area contributed by atoms with E-state index in [0.717, 1.165) is 24.6 Å². The molecule has 3 nitrogen and oxygen atoms in total. The Morgan fingerprint density at radius 2 is 2.22 bits per heavy atom. The maximum absolute atomic E-state index is 5.38. The van der Waals surface area contributed by atoms with Crippen LogP contribution in [0.4, 0.5) is 0 Å². The summed E-state index contributed by atoms with van der Waals surface area (Å²) in [6.45, 7) is 4.68. The third-order valence-electron chi connectivity index (χ3n) is 3.57. The van der Waals surface area contributed by atoms with Crippen molar-refractivity contribution in [2.75, 3.05) is 19.1 Å². The monoisotopic (exact) mass is 265 g/mol. The standard InChI is InChI=1S/C14H19NO2S/c1-14(5-2-6-18-14)9-15-8-11-3-4-12-13(7-11)17-10-16-12/h3-4,7,15H,2,5-6,8-10H2,1H3. The van der Waals surface area contributed by atoms with Gasteiger partial charge in [0.15, 0.2) is 11.5 Å². The van der Waals surface area contributed by atoms with Crippen molar-refractivity contribution in [1.29, 1.82) is 0 Å². The Kier molecular flexibility index (Phi) is 3.39. The summed E-state index contributed by atoms with van der Waals surface area (Å²) in [5.74, 6) is 3.04. The van der Waals surface area contributed by atoms with Crippen molar-refractivity contribution in [2.45, 2.75) is 31.1 Å². The minimum Gasteiger partial charge on any atom is -0.454 e. The van der Waals surface area contributed by atoms with Crippen LogP contribution in [-0.4, -0.2) is 23.8 Å². The van der Waals surface area contributed by atoms with E-state index in [0.29, 0.717) is 11.5 Å². The number of hydrogen-bond acceptors (Lipinski definition) is 4. The van der Waals surface area contributed by atoms with E-state index in [2.05, 4.69) is 36.1 Å². The highest BCUT2D eigenvalue weighted by Crippen LogP contribution is 2.37. The molecule has 0 spiro atoms. The lowest BCUT2D eigenvalue weighted by Crippen LogP contribution is -2.32. The highest BCUT2D eigenvalue weighted by Gasteiger charge is 2.28. The highest BCUT2D eigenvalue weighted by molar-refractivity contribution is 8.00. The van der Waals surface area contributed by atoms with Gasteiger partial charge in [0.25, 0.3) is 0 Å². The summed E-state index contributed by atoms with van der Waals surface area (Å²) in [5, 5.41) is 3.56. The van der Waals surface area contributed by atoms with Gasteiger partial charge in [0, 0.05) is 17.8 Å². The molecule has 0 amide bonds. The molecule has 1 unspecified atom stereocenters. The van der Waals surface area contributed by atoms with Crippen LogP contribution < -0.4 is 14.8 Å². The first-order chi connectivity index (χ1) is 8.75. The Hall–Kier alpha value is -0.870. The molecule has 1 aromatic carbocycles. The van der Waals surface area contributed by atoms with E-state index < -0.39 is 0 Å². The van der Waals surface area contributed by atoms with Crippen molar-refractivity contribution in [3.05, 3.63) is 23.8 Å². The van der Waals surface area contributed by atoms with Crippen LogP contribution in [-0.2, 0) is 6.54 Å². The quantitative estimate of drug-likeness (QED) is 0.907. The molecule has 0 aromatic heterocycles. The van der Waals surface area contributed by atoms with Gasteiger partial charge in [-0.3, -0.25) is 0 Å². The van der Waals surface area contributed by atoms with Crippen LogP contribution in [0.2, 0.25) is 0 Å². The average molecular weight is 265 g/mol. The lowest BCUT2D eigenvalue weighted by atomic mass is 10.1.